The molecule has 0 spiro atoms. The molecule has 2 saturated heterocycles. The summed E-state index contributed by atoms with van der Waals surface area (Å²) >= 11 is 0. The van der Waals surface area contributed by atoms with E-state index in [0.29, 0.717) is 32.4 Å². The molecule has 2 heterocycles. The van der Waals surface area contributed by atoms with Crippen LogP contribution in [-0.2, 0) is 24.3 Å². The standard InChI is InChI=1S/C14H24N2O6S/c1-3-23(20,21)15-6-4-10(5-7-15)13(17)16-9-11(22-2)8-12(16)14(18)19/h10-12H,3-9H2,1-2H3,(H,18,19). The second-order valence-corrected chi connectivity index (χ2v) is 8.27. The Morgan fingerprint density at radius 3 is 2.35 bits per heavy atom. The number of nitrogens with zero attached hydrogens (tertiary/aromatic N) is 2. The lowest BCUT2D eigenvalue weighted by molar-refractivity contribution is -0.150. The van der Waals surface area contributed by atoms with Crippen LogP contribution in [0.15, 0.2) is 0 Å². The molecule has 1 N–H and O–H groups in total. The van der Waals surface area contributed by atoms with Crippen LogP contribution in [0.1, 0.15) is 26.2 Å². The molecule has 1 amide bonds. The van der Waals surface area contributed by atoms with Gasteiger partial charge < -0.3 is 14.7 Å². The Kier molecular flexibility index (Phi) is 5.64. The fraction of sp³-hybridized carbons (Fsp3) is 0.857. The van der Waals surface area contributed by atoms with Gasteiger partial charge in [-0.3, -0.25) is 4.79 Å². The van der Waals surface area contributed by atoms with Crippen molar-refractivity contribution in [2.24, 2.45) is 5.92 Å². The van der Waals surface area contributed by atoms with Crippen LogP contribution in [0.25, 0.3) is 0 Å². The third-order valence-electron chi connectivity index (χ3n) is 4.73. The van der Waals surface area contributed by atoms with Gasteiger partial charge in [0.1, 0.15) is 6.04 Å². The summed E-state index contributed by atoms with van der Waals surface area (Å²) < 4.78 is 30.3. The van der Waals surface area contributed by atoms with Gasteiger partial charge in [-0.1, -0.05) is 0 Å². The molecule has 2 aliphatic rings. The summed E-state index contributed by atoms with van der Waals surface area (Å²) in [7, 11) is -1.73. The SMILES string of the molecule is CCS(=O)(=O)N1CCC(C(=O)N2CC(OC)CC2C(=O)O)CC1. The topological polar surface area (TPSA) is 104 Å². The van der Waals surface area contributed by atoms with Crippen LogP contribution in [-0.4, -0.2) is 79.2 Å². The van der Waals surface area contributed by atoms with Crippen LogP contribution in [0.3, 0.4) is 0 Å². The number of carbonyl (C=O) groups is 2. The number of aliphatic carboxylic acids is 1. The minimum absolute atomic E-state index is 0.0499. The van der Waals surface area contributed by atoms with Gasteiger partial charge in [0.05, 0.1) is 11.9 Å². The number of likely N-dealkylation sites (tertiary alicyclic amines) is 1. The van der Waals surface area contributed by atoms with Crippen LogP contribution in [0.4, 0.5) is 0 Å². The van der Waals surface area contributed by atoms with Crippen molar-refractivity contribution in [2.45, 2.75) is 38.3 Å². The first-order chi connectivity index (χ1) is 10.8. The minimum atomic E-state index is -3.23. The van der Waals surface area contributed by atoms with Gasteiger partial charge >= 0.3 is 5.97 Å². The quantitative estimate of drug-likeness (QED) is 0.735. The van der Waals surface area contributed by atoms with E-state index < -0.39 is 22.0 Å². The predicted octanol–water partition coefficient (Wildman–Crippen LogP) is -0.251. The normalized spacial score (nSPS) is 27.3. The van der Waals surface area contributed by atoms with Crippen molar-refractivity contribution in [3.63, 3.8) is 0 Å². The second kappa shape index (κ2) is 7.14. The number of hydrogen-bond donors (Lipinski definition) is 1. The van der Waals surface area contributed by atoms with Crippen molar-refractivity contribution in [2.75, 3.05) is 32.5 Å². The molecule has 2 fully saturated rings. The molecule has 9 heteroatoms. The van der Waals surface area contributed by atoms with Crippen molar-refractivity contribution in [1.82, 2.24) is 9.21 Å². The lowest BCUT2D eigenvalue weighted by Gasteiger charge is -2.33. The number of hydrogen-bond acceptors (Lipinski definition) is 5. The van der Waals surface area contributed by atoms with Gasteiger partial charge in [-0.25, -0.2) is 17.5 Å². The summed E-state index contributed by atoms with van der Waals surface area (Å²) in [6, 6.07) is -0.857. The Bertz CT molecular complexity index is 556. The van der Waals surface area contributed by atoms with E-state index in [1.807, 2.05) is 0 Å². The first-order valence-electron chi connectivity index (χ1n) is 7.84. The Morgan fingerprint density at radius 1 is 1.26 bits per heavy atom. The Hall–Kier alpha value is -1.19. The van der Waals surface area contributed by atoms with Gasteiger partial charge in [0.15, 0.2) is 0 Å². The maximum Gasteiger partial charge on any atom is 0.326 e. The molecule has 2 atom stereocenters. The summed E-state index contributed by atoms with van der Waals surface area (Å²) in [6.45, 7) is 2.50. The molecule has 0 aliphatic carbocycles. The summed E-state index contributed by atoms with van der Waals surface area (Å²) in [6.07, 6.45) is 0.887. The highest BCUT2D eigenvalue weighted by Crippen LogP contribution is 2.27. The molecule has 8 nitrogen and oxygen atoms in total. The number of carboxylic acids is 1. The van der Waals surface area contributed by atoms with Gasteiger partial charge in [0.2, 0.25) is 15.9 Å². The maximum absolute atomic E-state index is 12.6. The first kappa shape index (κ1) is 18.2. The van der Waals surface area contributed by atoms with E-state index in [9.17, 15) is 23.1 Å². The van der Waals surface area contributed by atoms with Crippen LogP contribution in [0, 0.1) is 5.92 Å². The number of sulfonamides is 1. The van der Waals surface area contributed by atoms with Crippen LogP contribution in [0.5, 0.6) is 0 Å². The highest BCUT2D eigenvalue weighted by molar-refractivity contribution is 7.89. The van der Waals surface area contributed by atoms with Crippen molar-refractivity contribution in [3.8, 4) is 0 Å². The van der Waals surface area contributed by atoms with E-state index in [1.165, 1.54) is 16.3 Å². The summed E-state index contributed by atoms with van der Waals surface area (Å²) in [4.78, 5) is 25.4. The molecule has 0 radical (unpaired) electrons. The third-order valence-corrected chi connectivity index (χ3v) is 6.61. The lowest BCUT2D eigenvalue weighted by Crippen LogP contribution is -2.47. The summed E-state index contributed by atoms with van der Waals surface area (Å²) in [5.74, 6) is -1.50. The molecule has 23 heavy (non-hydrogen) atoms. The Labute approximate surface area is 136 Å². The summed E-state index contributed by atoms with van der Waals surface area (Å²) in [5.41, 5.74) is 0. The number of rotatable bonds is 5. The van der Waals surface area contributed by atoms with Gasteiger partial charge in [0.25, 0.3) is 0 Å². The van der Waals surface area contributed by atoms with E-state index in [2.05, 4.69) is 0 Å². The lowest BCUT2D eigenvalue weighted by atomic mass is 9.96. The number of methoxy groups -OCH3 is 1. The van der Waals surface area contributed by atoms with Gasteiger partial charge in [0, 0.05) is 39.1 Å². The smallest absolute Gasteiger partial charge is 0.326 e. The summed E-state index contributed by atoms with van der Waals surface area (Å²) in [5, 5.41) is 9.29. The number of piperidine rings is 1. The maximum atomic E-state index is 12.6. The van der Waals surface area contributed by atoms with Gasteiger partial charge in [-0.15, -0.1) is 0 Å². The minimum Gasteiger partial charge on any atom is -0.480 e. The van der Waals surface area contributed by atoms with Gasteiger partial charge in [-0.05, 0) is 19.8 Å². The van der Waals surface area contributed by atoms with Crippen molar-refractivity contribution in [3.05, 3.63) is 0 Å². The van der Waals surface area contributed by atoms with Crippen molar-refractivity contribution < 1.29 is 27.9 Å². The largest absolute Gasteiger partial charge is 0.480 e. The molecule has 0 bridgehead atoms. The van der Waals surface area contributed by atoms with E-state index in [4.69, 9.17) is 4.74 Å². The fourth-order valence-corrected chi connectivity index (χ4v) is 4.38. The van der Waals surface area contributed by atoms with E-state index in [0.717, 1.165) is 0 Å². The van der Waals surface area contributed by atoms with Gasteiger partial charge in [-0.2, -0.15) is 0 Å². The number of carbonyl (C=O) groups excluding carboxylic acids is 1. The molecule has 2 unspecified atom stereocenters. The number of carboxylic acid groups (broad SMARTS) is 1. The van der Waals surface area contributed by atoms with Crippen molar-refractivity contribution in [1.29, 1.82) is 0 Å². The van der Waals surface area contributed by atoms with Crippen molar-refractivity contribution >= 4 is 21.9 Å². The van der Waals surface area contributed by atoms with E-state index in [-0.39, 0.29) is 30.2 Å². The highest BCUT2D eigenvalue weighted by Gasteiger charge is 2.42. The Morgan fingerprint density at radius 2 is 1.87 bits per heavy atom. The molecule has 0 aromatic carbocycles. The molecular formula is C14H24N2O6S. The molecule has 2 aliphatic heterocycles. The Balaban J connectivity index is 2.00. The zero-order valence-corrected chi connectivity index (χ0v) is 14.3. The van der Waals surface area contributed by atoms with E-state index in [1.54, 1.807) is 6.92 Å². The average Bonchev–Trinajstić information content (AvgIpc) is 2.99. The van der Waals surface area contributed by atoms with Crippen LogP contribution in [0.2, 0.25) is 0 Å². The third kappa shape index (κ3) is 3.84. The first-order valence-corrected chi connectivity index (χ1v) is 9.45. The monoisotopic (exact) mass is 348 g/mol. The molecule has 132 valence electrons. The molecule has 0 aromatic rings. The van der Waals surface area contributed by atoms with E-state index >= 15 is 0 Å². The second-order valence-electron chi connectivity index (χ2n) is 6.01. The number of ether oxygens (including phenoxy) is 1. The average molecular weight is 348 g/mol. The number of amides is 1. The van der Waals surface area contributed by atoms with Crippen LogP contribution < -0.4 is 0 Å². The molecular weight excluding hydrogens is 324 g/mol. The fourth-order valence-electron chi connectivity index (χ4n) is 3.24. The predicted molar refractivity (Wildman–Crippen MR) is 82.3 cm³/mol. The molecule has 0 saturated carbocycles. The highest BCUT2D eigenvalue weighted by atomic mass is 32.2. The molecule has 2 rings (SSSR count). The zero-order valence-electron chi connectivity index (χ0n) is 13.5. The molecule has 0 aromatic heterocycles. The zero-order chi connectivity index (χ0) is 17.2. The van der Waals surface area contributed by atoms with Crippen LogP contribution >= 0.6 is 0 Å².